The number of benzene rings is 1. The number of hydrogen-bond acceptors (Lipinski definition) is 3. The van der Waals surface area contributed by atoms with E-state index >= 15 is 0 Å². The van der Waals surface area contributed by atoms with Gasteiger partial charge in [-0.25, -0.2) is 4.79 Å². The van der Waals surface area contributed by atoms with Gasteiger partial charge in [0, 0.05) is 24.8 Å². The average Bonchev–Trinajstić information content (AvgIpc) is 2.74. The highest BCUT2D eigenvalue weighted by Crippen LogP contribution is 2.33. The Morgan fingerprint density at radius 2 is 2.00 bits per heavy atom. The Bertz CT molecular complexity index is 533. The zero-order valence-electron chi connectivity index (χ0n) is 11.5. The van der Waals surface area contributed by atoms with Crippen LogP contribution in [-0.2, 0) is 20.7 Å². The first-order chi connectivity index (χ1) is 9.54. The maximum Gasteiger partial charge on any atom is 0.334 e. The summed E-state index contributed by atoms with van der Waals surface area (Å²) in [5, 5.41) is 8.88. The van der Waals surface area contributed by atoms with Crippen LogP contribution in [0.3, 0.4) is 0 Å². The maximum absolute atomic E-state index is 11.8. The van der Waals surface area contributed by atoms with Crippen LogP contribution >= 0.6 is 0 Å². The Kier molecular flexibility index (Phi) is 4.23. The summed E-state index contributed by atoms with van der Waals surface area (Å²) in [6, 6.07) is 9.66. The predicted molar refractivity (Wildman–Crippen MR) is 74.2 cm³/mol. The molecule has 0 aliphatic carbocycles. The van der Waals surface area contributed by atoms with Crippen molar-refractivity contribution in [3.8, 4) is 0 Å². The van der Waals surface area contributed by atoms with Gasteiger partial charge >= 0.3 is 11.9 Å². The molecule has 0 fully saturated rings. The fraction of sp³-hybridized carbons (Fsp3) is 0.375. The molecule has 1 heterocycles. The van der Waals surface area contributed by atoms with Gasteiger partial charge in [-0.15, -0.1) is 0 Å². The first-order valence-electron chi connectivity index (χ1n) is 6.75. The highest BCUT2D eigenvalue weighted by Gasteiger charge is 2.39. The average molecular weight is 274 g/mol. The molecule has 0 spiro atoms. The number of carboxylic acid groups (broad SMARTS) is 1. The fourth-order valence-corrected chi connectivity index (χ4v) is 2.46. The Hall–Kier alpha value is -2.10. The molecule has 0 saturated heterocycles. The lowest BCUT2D eigenvalue weighted by Crippen LogP contribution is -2.32. The molecule has 1 aromatic carbocycles. The summed E-state index contributed by atoms with van der Waals surface area (Å²) in [6.07, 6.45) is 3.20. The number of carbonyl (C=O) groups excluding carboxylic acids is 1. The summed E-state index contributed by atoms with van der Waals surface area (Å²) in [7, 11) is 0. The minimum absolute atomic E-state index is 0.0202. The maximum atomic E-state index is 11.8. The molecule has 0 saturated carbocycles. The van der Waals surface area contributed by atoms with Crippen LogP contribution in [0.25, 0.3) is 0 Å². The first-order valence-corrected chi connectivity index (χ1v) is 6.75. The van der Waals surface area contributed by atoms with Gasteiger partial charge in [0.2, 0.25) is 0 Å². The van der Waals surface area contributed by atoms with Gasteiger partial charge in [-0.3, -0.25) is 4.79 Å². The van der Waals surface area contributed by atoms with E-state index in [1.54, 1.807) is 0 Å². The number of cyclic esters (lactones) is 1. The zero-order chi connectivity index (χ0) is 14.6. The monoisotopic (exact) mass is 274 g/mol. The van der Waals surface area contributed by atoms with Crippen LogP contribution in [0.4, 0.5) is 0 Å². The molecular weight excluding hydrogens is 256 g/mol. The van der Waals surface area contributed by atoms with Crippen LogP contribution in [0.2, 0.25) is 0 Å². The molecule has 1 aliphatic heterocycles. The van der Waals surface area contributed by atoms with Gasteiger partial charge in [0.05, 0.1) is 0 Å². The van der Waals surface area contributed by atoms with E-state index in [2.05, 4.69) is 0 Å². The fourth-order valence-electron chi connectivity index (χ4n) is 2.46. The molecule has 0 radical (unpaired) electrons. The second-order valence-electron chi connectivity index (χ2n) is 5.03. The molecule has 1 aliphatic rings. The number of esters is 1. The smallest absolute Gasteiger partial charge is 0.334 e. The van der Waals surface area contributed by atoms with Crippen LogP contribution in [0, 0.1) is 0 Å². The zero-order valence-corrected chi connectivity index (χ0v) is 11.5. The van der Waals surface area contributed by atoms with E-state index in [0.717, 1.165) is 5.56 Å². The van der Waals surface area contributed by atoms with Gasteiger partial charge in [0.1, 0.15) is 5.60 Å². The van der Waals surface area contributed by atoms with Crippen LogP contribution < -0.4 is 0 Å². The van der Waals surface area contributed by atoms with Crippen molar-refractivity contribution in [3.63, 3.8) is 0 Å². The minimum atomic E-state index is -0.883. The van der Waals surface area contributed by atoms with Crippen molar-refractivity contribution in [2.45, 2.75) is 38.2 Å². The van der Waals surface area contributed by atoms with E-state index in [1.165, 1.54) is 0 Å². The molecule has 1 N–H and O–H groups in total. The van der Waals surface area contributed by atoms with Crippen molar-refractivity contribution in [3.05, 3.63) is 47.5 Å². The molecule has 0 aromatic heterocycles. The van der Waals surface area contributed by atoms with Gasteiger partial charge in [-0.1, -0.05) is 37.3 Å². The van der Waals surface area contributed by atoms with Crippen molar-refractivity contribution in [1.29, 1.82) is 0 Å². The molecule has 20 heavy (non-hydrogen) atoms. The summed E-state index contributed by atoms with van der Waals surface area (Å²) in [5.74, 6) is -1.21. The summed E-state index contributed by atoms with van der Waals surface area (Å²) in [5.41, 5.74) is 0.841. The topological polar surface area (TPSA) is 63.6 Å². The Morgan fingerprint density at radius 1 is 1.30 bits per heavy atom. The summed E-state index contributed by atoms with van der Waals surface area (Å²) in [6.45, 7) is 1.89. The van der Waals surface area contributed by atoms with Gasteiger partial charge < -0.3 is 9.84 Å². The molecule has 0 bridgehead atoms. The third-order valence-electron chi connectivity index (χ3n) is 3.48. The lowest BCUT2D eigenvalue weighted by Gasteiger charge is -2.26. The van der Waals surface area contributed by atoms with E-state index < -0.39 is 11.6 Å². The third kappa shape index (κ3) is 3.26. The highest BCUT2D eigenvalue weighted by molar-refractivity contribution is 5.91. The normalized spacial score (nSPS) is 21.4. The molecule has 1 aromatic rings. The van der Waals surface area contributed by atoms with Gasteiger partial charge in [-0.05, 0) is 18.1 Å². The molecule has 4 heteroatoms. The van der Waals surface area contributed by atoms with Crippen molar-refractivity contribution in [1.82, 2.24) is 0 Å². The SMILES string of the molecule is CCC1=C[C@](CCC(=O)O)(Cc2ccccc2)OC1=O. The molecule has 106 valence electrons. The number of rotatable bonds is 6. The molecule has 2 rings (SSSR count). The molecule has 0 unspecified atom stereocenters. The number of carboxylic acids is 1. The van der Waals surface area contributed by atoms with Crippen molar-refractivity contribution in [2.75, 3.05) is 0 Å². The Labute approximate surface area is 118 Å². The van der Waals surface area contributed by atoms with Crippen molar-refractivity contribution < 1.29 is 19.4 Å². The molecule has 1 atom stereocenters. The van der Waals surface area contributed by atoms with Gasteiger partial charge in [-0.2, -0.15) is 0 Å². The highest BCUT2D eigenvalue weighted by atomic mass is 16.6. The van der Waals surface area contributed by atoms with E-state index in [1.807, 2.05) is 43.3 Å². The van der Waals surface area contributed by atoms with Crippen LogP contribution in [0.1, 0.15) is 31.7 Å². The molecule has 4 nitrogen and oxygen atoms in total. The quantitative estimate of drug-likeness (QED) is 0.810. The van der Waals surface area contributed by atoms with E-state index in [4.69, 9.17) is 9.84 Å². The van der Waals surface area contributed by atoms with Crippen molar-refractivity contribution >= 4 is 11.9 Å². The number of carbonyl (C=O) groups is 2. The summed E-state index contributed by atoms with van der Waals surface area (Å²) < 4.78 is 5.51. The van der Waals surface area contributed by atoms with E-state index in [9.17, 15) is 9.59 Å². The van der Waals surface area contributed by atoms with Crippen LogP contribution in [-0.4, -0.2) is 22.6 Å². The Balaban J connectivity index is 2.23. The minimum Gasteiger partial charge on any atom is -0.481 e. The summed E-state index contributed by atoms with van der Waals surface area (Å²) >= 11 is 0. The largest absolute Gasteiger partial charge is 0.481 e. The predicted octanol–water partition coefficient (Wildman–Crippen LogP) is 2.73. The molecular formula is C16H18O4. The number of hydrogen-bond donors (Lipinski definition) is 1. The standard InChI is InChI=1S/C16H18O4/c1-2-13-11-16(20-15(13)19,9-8-14(17)18)10-12-6-4-3-5-7-12/h3-7,11H,2,8-10H2,1H3,(H,17,18)/t16-/m0/s1. The van der Waals surface area contributed by atoms with Crippen LogP contribution in [0.15, 0.2) is 42.0 Å². The lowest BCUT2D eigenvalue weighted by atomic mass is 9.89. The first kappa shape index (κ1) is 14.3. The number of ether oxygens (including phenoxy) is 1. The van der Waals surface area contributed by atoms with Crippen LogP contribution in [0.5, 0.6) is 0 Å². The van der Waals surface area contributed by atoms with E-state index in [-0.39, 0.29) is 12.4 Å². The second kappa shape index (κ2) is 5.90. The lowest BCUT2D eigenvalue weighted by molar-refractivity contribution is -0.149. The van der Waals surface area contributed by atoms with Gasteiger partial charge in [0.25, 0.3) is 0 Å². The Morgan fingerprint density at radius 3 is 2.55 bits per heavy atom. The third-order valence-corrected chi connectivity index (χ3v) is 3.48. The number of aliphatic carboxylic acids is 1. The van der Waals surface area contributed by atoms with Crippen molar-refractivity contribution in [2.24, 2.45) is 0 Å². The second-order valence-corrected chi connectivity index (χ2v) is 5.03. The summed E-state index contributed by atoms with van der Waals surface area (Å²) in [4.78, 5) is 22.6. The van der Waals surface area contributed by atoms with Gasteiger partial charge in [0.15, 0.2) is 0 Å². The van der Waals surface area contributed by atoms with E-state index in [0.29, 0.717) is 24.8 Å². The molecule has 0 amide bonds.